The predicted octanol–water partition coefficient (Wildman–Crippen LogP) is 2.68. The number of carbonyl (C=O) groups is 1. The highest BCUT2D eigenvalue weighted by atomic mass is 16.6. The molecule has 2 rings (SSSR count). The van der Waals surface area contributed by atoms with Gasteiger partial charge in [0.1, 0.15) is 0 Å². The van der Waals surface area contributed by atoms with Crippen molar-refractivity contribution < 1.29 is 9.72 Å². The minimum Gasteiger partial charge on any atom is -0.361 e. The van der Waals surface area contributed by atoms with Gasteiger partial charge in [0, 0.05) is 36.4 Å². The molecule has 0 unspecified atom stereocenters. The largest absolute Gasteiger partial charge is 0.361 e. The zero-order valence-corrected chi connectivity index (χ0v) is 14.6. The van der Waals surface area contributed by atoms with Crippen molar-refractivity contribution in [3.05, 3.63) is 27.9 Å². The molecule has 1 aliphatic heterocycles. The molecular weight excluding hydrogens is 310 g/mol. The third-order valence-electron chi connectivity index (χ3n) is 3.81. The van der Waals surface area contributed by atoms with Crippen molar-refractivity contribution in [2.75, 3.05) is 18.4 Å². The fraction of sp³-hybridized carbons (Fsp3) is 0.625. The number of amides is 2. The van der Waals surface area contributed by atoms with Crippen LogP contribution < -0.4 is 10.6 Å². The van der Waals surface area contributed by atoms with Crippen LogP contribution in [-0.2, 0) is 0 Å². The summed E-state index contributed by atoms with van der Waals surface area (Å²) in [5.41, 5.74) is 0.441. The average molecular weight is 335 g/mol. The van der Waals surface area contributed by atoms with Crippen LogP contribution in [0.2, 0.25) is 0 Å². The van der Waals surface area contributed by atoms with Crippen LogP contribution in [0.15, 0.2) is 12.1 Å². The summed E-state index contributed by atoms with van der Waals surface area (Å²) in [5, 5.41) is 17.2. The fourth-order valence-corrected chi connectivity index (χ4v) is 2.62. The van der Waals surface area contributed by atoms with Gasteiger partial charge in [0.2, 0.25) is 5.82 Å². The molecule has 0 saturated carbocycles. The molecule has 8 heteroatoms. The van der Waals surface area contributed by atoms with Crippen molar-refractivity contribution in [3.8, 4) is 0 Å². The Hall–Kier alpha value is -2.38. The summed E-state index contributed by atoms with van der Waals surface area (Å²) in [6.07, 6.45) is 1.45. The average Bonchev–Trinajstić information content (AvgIpc) is 2.46. The van der Waals surface area contributed by atoms with Crippen molar-refractivity contribution in [2.45, 2.75) is 52.1 Å². The van der Waals surface area contributed by atoms with Crippen LogP contribution in [0.3, 0.4) is 0 Å². The lowest BCUT2D eigenvalue weighted by molar-refractivity contribution is -0.384. The normalized spacial score (nSPS) is 15.9. The van der Waals surface area contributed by atoms with Gasteiger partial charge in [-0.3, -0.25) is 10.1 Å². The Kier molecular flexibility index (Phi) is 5.26. The molecule has 0 aliphatic carbocycles. The second-order valence-corrected chi connectivity index (χ2v) is 7.16. The molecule has 1 saturated heterocycles. The van der Waals surface area contributed by atoms with Crippen LogP contribution in [0.5, 0.6) is 0 Å². The van der Waals surface area contributed by atoms with Gasteiger partial charge in [-0.15, -0.1) is 0 Å². The van der Waals surface area contributed by atoms with Crippen LogP contribution in [0, 0.1) is 17.0 Å². The molecule has 1 aromatic heterocycles. The number of rotatable bonds is 3. The first-order valence-corrected chi connectivity index (χ1v) is 8.11. The fourth-order valence-electron chi connectivity index (χ4n) is 2.62. The highest BCUT2D eigenvalue weighted by Crippen LogP contribution is 2.25. The Morgan fingerprint density at radius 1 is 1.33 bits per heavy atom. The lowest BCUT2D eigenvalue weighted by Gasteiger charge is -2.34. The molecule has 0 spiro atoms. The number of pyridine rings is 1. The molecule has 1 aliphatic rings. The number of carbonyl (C=O) groups excluding carboxylic acids is 1. The molecule has 0 bridgehead atoms. The lowest BCUT2D eigenvalue weighted by Crippen LogP contribution is -2.51. The molecule has 0 radical (unpaired) electrons. The molecule has 8 nitrogen and oxygen atoms in total. The number of likely N-dealkylation sites (tertiary alicyclic amines) is 1. The third-order valence-corrected chi connectivity index (χ3v) is 3.81. The van der Waals surface area contributed by atoms with E-state index in [0.29, 0.717) is 18.9 Å². The summed E-state index contributed by atoms with van der Waals surface area (Å²) >= 11 is 0. The van der Waals surface area contributed by atoms with Crippen LogP contribution in [0.4, 0.5) is 16.3 Å². The number of hydrogen-bond acceptors (Lipinski definition) is 5. The number of hydrogen-bond donors (Lipinski definition) is 2. The van der Waals surface area contributed by atoms with Gasteiger partial charge < -0.3 is 15.5 Å². The molecule has 24 heavy (non-hydrogen) atoms. The van der Waals surface area contributed by atoms with Crippen molar-refractivity contribution in [2.24, 2.45) is 0 Å². The maximum Gasteiger partial charge on any atom is 0.317 e. The molecule has 1 fully saturated rings. The maximum atomic E-state index is 12.2. The third kappa shape index (κ3) is 4.81. The Balaban J connectivity index is 1.95. The van der Waals surface area contributed by atoms with Gasteiger partial charge in [-0.1, -0.05) is 0 Å². The minimum atomic E-state index is -0.430. The summed E-state index contributed by atoms with van der Waals surface area (Å²) in [6, 6.07) is 3.09. The van der Waals surface area contributed by atoms with Crippen LogP contribution in [0.25, 0.3) is 0 Å². The predicted molar refractivity (Wildman–Crippen MR) is 92.1 cm³/mol. The highest BCUT2D eigenvalue weighted by Gasteiger charge is 2.26. The summed E-state index contributed by atoms with van der Waals surface area (Å²) in [6.45, 7) is 8.86. The van der Waals surface area contributed by atoms with Gasteiger partial charge in [-0.05, 0) is 46.6 Å². The van der Waals surface area contributed by atoms with E-state index in [4.69, 9.17) is 0 Å². The van der Waals surface area contributed by atoms with Crippen molar-refractivity contribution in [1.29, 1.82) is 0 Å². The summed E-state index contributed by atoms with van der Waals surface area (Å²) in [4.78, 5) is 28.9. The topological polar surface area (TPSA) is 100 Å². The lowest BCUT2D eigenvalue weighted by atomic mass is 10.0. The van der Waals surface area contributed by atoms with Gasteiger partial charge in [0.15, 0.2) is 0 Å². The first kappa shape index (κ1) is 18.0. The standard InChI is InChI=1S/C16H25N5O3/c1-11-5-6-13(21(23)24)14(17-11)18-12-7-9-20(10-8-12)15(22)19-16(2,3)4/h5-6,12H,7-10H2,1-4H3,(H,17,18)(H,19,22). The number of aromatic nitrogens is 1. The second-order valence-electron chi connectivity index (χ2n) is 7.16. The molecule has 1 aromatic rings. The van der Waals surface area contributed by atoms with E-state index in [0.717, 1.165) is 18.5 Å². The summed E-state index contributed by atoms with van der Waals surface area (Å²) < 4.78 is 0. The van der Waals surface area contributed by atoms with Crippen molar-refractivity contribution in [3.63, 3.8) is 0 Å². The number of nitro groups is 1. The molecule has 2 amide bonds. The number of aryl methyl sites for hydroxylation is 1. The van der Waals surface area contributed by atoms with E-state index in [2.05, 4.69) is 15.6 Å². The van der Waals surface area contributed by atoms with Crippen LogP contribution in [0.1, 0.15) is 39.3 Å². The maximum absolute atomic E-state index is 12.2. The second kappa shape index (κ2) is 7.02. The monoisotopic (exact) mass is 335 g/mol. The van der Waals surface area contributed by atoms with Crippen molar-refractivity contribution in [1.82, 2.24) is 15.2 Å². The molecule has 0 aromatic carbocycles. The molecular formula is C16H25N5O3. The zero-order chi connectivity index (χ0) is 17.9. The molecule has 2 heterocycles. The first-order chi connectivity index (χ1) is 11.2. The molecule has 132 valence electrons. The van der Waals surface area contributed by atoms with E-state index in [9.17, 15) is 14.9 Å². The number of piperidine rings is 1. The number of nitrogens with one attached hydrogen (secondary N) is 2. The highest BCUT2D eigenvalue weighted by molar-refractivity contribution is 5.75. The number of nitrogens with zero attached hydrogens (tertiary/aromatic N) is 3. The summed E-state index contributed by atoms with van der Waals surface area (Å²) in [7, 11) is 0. The molecule has 2 N–H and O–H groups in total. The van der Waals surface area contributed by atoms with Gasteiger partial charge in [-0.2, -0.15) is 0 Å². The first-order valence-electron chi connectivity index (χ1n) is 8.11. The number of urea groups is 1. The van der Waals surface area contributed by atoms with E-state index < -0.39 is 4.92 Å². The van der Waals surface area contributed by atoms with E-state index in [-0.39, 0.29) is 23.3 Å². The quantitative estimate of drug-likeness (QED) is 0.653. The van der Waals surface area contributed by atoms with Crippen LogP contribution >= 0.6 is 0 Å². The smallest absolute Gasteiger partial charge is 0.317 e. The SMILES string of the molecule is Cc1ccc([N+](=O)[O-])c(NC2CCN(C(=O)NC(C)(C)C)CC2)n1. The van der Waals surface area contributed by atoms with Gasteiger partial charge >= 0.3 is 11.7 Å². The van der Waals surface area contributed by atoms with E-state index in [1.54, 1.807) is 17.9 Å². The Morgan fingerprint density at radius 3 is 2.50 bits per heavy atom. The van der Waals surface area contributed by atoms with Gasteiger partial charge in [0.25, 0.3) is 0 Å². The Labute approximate surface area is 141 Å². The van der Waals surface area contributed by atoms with Crippen LogP contribution in [-0.4, -0.2) is 45.5 Å². The van der Waals surface area contributed by atoms with E-state index >= 15 is 0 Å². The van der Waals surface area contributed by atoms with E-state index in [1.807, 2.05) is 20.8 Å². The molecule has 0 atom stereocenters. The van der Waals surface area contributed by atoms with Gasteiger partial charge in [-0.25, -0.2) is 9.78 Å². The summed E-state index contributed by atoms with van der Waals surface area (Å²) in [5.74, 6) is 0.303. The van der Waals surface area contributed by atoms with Crippen molar-refractivity contribution >= 4 is 17.5 Å². The minimum absolute atomic E-state index is 0.0199. The Bertz CT molecular complexity index is 619. The zero-order valence-electron chi connectivity index (χ0n) is 14.6. The van der Waals surface area contributed by atoms with E-state index in [1.165, 1.54) is 6.07 Å². The Morgan fingerprint density at radius 2 is 1.96 bits per heavy atom. The van der Waals surface area contributed by atoms with Gasteiger partial charge in [0.05, 0.1) is 4.92 Å². The number of anilines is 1.